The van der Waals surface area contributed by atoms with E-state index in [0.717, 1.165) is 16.7 Å². The highest BCUT2D eigenvalue weighted by Gasteiger charge is 2.39. The summed E-state index contributed by atoms with van der Waals surface area (Å²) in [5.41, 5.74) is 0.636. The number of carbonyl (C=O) groups is 2. The molecule has 1 heterocycles. The van der Waals surface area contributed by atoms with Crippen LogP contribution in [-0.2, 0) is 9.59 Å². The van der Waals surface area contributed by atoms with Crippen LogP contribution >= 0.6 is 24.0 Å². The van der Waals surface area contributed by atoms with Gasteiger partial charge in [0.2, 0.25) is 0 Å². The van der Waals surface area contributed by atoms with Crippen molar-refractivity contribution in [1.82, 2.24) is 4.90 Å². The molecule has 6 nitrogen and oxygen atoms in total. The number of methoxy groups -OCH3 is 2. The summed E-state index contributed by atoms with van der Waals surface area (Å²) in [5.74, 6) is -1.11. The van der Waals surface area contributed by atoms with Crippen molar-refractivity contribution in [2.45, 2.75) is 19.9 Å². The zero-order chi connectivity index (χ0) is 18.7. The van der Waals surface area contributed by atoms with Crippen LogP contribution in [0.3, 0.4) is 0 Å². The van der Waals surface area contributed by atoms with Crippen molar-refractivity contribution < 1.29 is 24.2 Å². The molecule has 0 bridgehead atoms. The van der Waals surface area contributed by atoms with E-state index in [9.17, 15) is 14.7 Å². The molecule has 0 saturated carbocycles. The molecule has 1 aliphatic heterocycles. The van der Waals surface area contributed by atoms with E-state index in [0.29, 0.717) is 22.0 Å². The van der Waals surface area contributed by atoms with Gasteiger partial charge < -0.3 is 19.4 Å². The van der Waals surface area contributed by atoms with E-state index in [4.69, 9.17) is 21.7 Å². The standard InChI is InChI=1S/C17H19NO5S2/c1-9(2)13(16(20)21)18-15(19)12(25-17(18)24)8-10-6-5-7-11(22-3)14(10)23-4/h5-9,13H,1-4H3,(H,20,21)/p-1/t13-/m1/s1. The number of carbonyl (C=O) groups excluding carboxylic acids is 2. The van der Waals surface area contributed by atoms with Crippen molar-refractivity contribution in [2.24, 2.45) is 5.92 Å². The smallest absolute Gasteiger partial charge is 0.266 e. The van der Waals surface area contributed by atoms with Crippen molar-refractivity contribution >= 4 is 46.3 Å². The molecule has 25 heavy (non-hydrogen) atoms. The summed E-state index contributed by atoms with van der Waals surface area (Å²) >= 11 is 6.27. The van der Waals surface area contributed by atoms with Crippen LogP contribution < -0.4 is 14.6 Å². The van der Waals surface area contributed by atoms with E-state index < -0.39 is 17.9 Å². The van der Waals surface area contributed by atoms with Crippen LogP contribution in [0.15, 0.2) is 23.1 Å². The Balaban J connectivity index is 2.43. The Kier molecular flexibility index (Phi) is 6.07. The van der Waals surface area contributed by atoms with Gasteiger partial charge in [-0.1, -0.05) is 50.0 Å². The molecule has 0 unspecified atom stereocenters. The van der Waals surface area contributed by atoms with Gasteiger partial charge >= 0.3 is 0 Å². The first-order chi connectivity index (χ1) is 11.8. The number of nitrogens with zero attached hydrogens (tertiary/aromatic N) is 1. The predicted octanol–water partition coefficient (Wildman–Crippen LogP) is 1.68. The fraction of sp³-hybridized carbons (Fsp3) is 0.353. The molecular formula is C17H18NO5S2-. The number of para-hydroxylation sites is 1. The largest absolute Gasteiger partial charge is 0.548 e. The van der Waals surface area contributed by atoms with E-state index in [2.05, 4.69) is 0 Å². The van der Waals surface area contributed by atoms with Crippen LogP contribution in [0, 0.1) is 5.92 Å². The minimum absolute atomic E-state index is 0.195. The highest BCUT2D eigenvalue weighted by molar-refractivity contribution is 8.26. The maximum atomic E-state index is 12.7. The van der Waals surface area contributed by atoms with Gasteiger partial charge in [0.15, 0.2) is 11.5 Å². The number of hydrogen-bond acceptors (Lipinski definition) is 7. The Morgan fingerprint density at radius 1 is 1.32 bits per heavy atom. The molecule has 0 aromatic heterocycles. The molecule has 0 spiro atoms. The molecule has 1 saturated heterocycles. The first kappa shape index (κ1) is 19.3. The maximum Gasteiger partial charge on any atom is 0.266 e. The highest BCUT2D eigenvalue weighted by Crippen LogP contribution is 2.38. The van der Waals surface area contributed by atoms with Crippen molar-refractivity contribution in [3.8, 4) is 11.5 Å². The third-order valence-corrected chi connectivity index (χ3v) is 5.03. The lowest BCUT2D eigenvalue weighted by atomic mass is 10.0. The minimum Gasteiger partial charge on any atom is -0.548 e. The Hall–Kier alpha value is -2.06. The quantitative estimate of drug-likeness (QED) is 0.549. The van der Waals surface area contributed by atoms with Gasteiger partial charge in [-0.3, -0.25) is 9.69 Å². The van der Waals surface area contributed by atoms with Crippen molar-refractivity contribution in [1.29, 1.82) is 0 Å². The van der Waals surface area contributed by atoms with Gasteiger partial charge in [0.25, 0.3) is 5.91 Å². The van der Waals surface area contributed by atoms with Gasteiger partial charge in [-0.15, -0.1) is 0 Å². The summed E-state index contributed by atoms with van der Waals surface area (Å²) in [6.07, 6.45) is 1.62. The second kappa shape index (κ2) is 7.88. The molecule has 0 aliphatic carbocycles. The Bertz CT molecular complexity index is 745. The summed E-state index contributed by atoms with van der Waals surface area (Å²) in [5, 5.41) is 11.4. The van der Waals surface area contributed by atoms with Crippen molar-refractivity contribution in [3.05, 3.63) is 28.7 Å². The Labute approximate surface area is 155 Å². The zero-order valence-corrected chi connectivity index (χ0v) is 15.9. The Morgan fingerprint density at radius 3 is 2.52 bits per heavy atom. The van der Waals surface area contributed by atoms with Gasteiger partial charge in [-0.25, -0.2) is 0 Å². The summed E-state index contributed by atoms with van der Waals surface area (Å²) in [7, 11) is 3.03. The molecule has 1 aromatic rings. The second-order valence-corrected chi connectivity index (χ2v) is 7.32. The van der Waals surface area contributed by atoms with E-state index in [1.165, 1.54) is 14.2 Å². The molecule has 1 atom stereocenters. The monoisotopic (exact) mass is 380 g/mol. The fourth-order valence-electron chi connectivity index (χ4n) is 2.56. The number of amides is 1. The molecule has 1 amide bonds. The van der Waals surface area contributed by atoms with E-state index >= 15 is 0 Å². The lowest BCUT2D eigenvalue weighted by molar-refractivity contribution is -0.311. The van der Waals surface area contributed by atoms with Gasteiger partial charge in [-0.05, 0) is 18.1 Å². The topological polar surface area (TPSA) is 78.9 Å². The van der Waals surface area contributed by atoms with Crippen LogP contribution in [0.2, 0.25) is 0 Å². The van der Waals surface area contributed by atoms with Gasteiger partial charge in [0.05, 0.1) is 31.1 Å². The third-order valence-electron chi connectivity index (χ3n) is 3.69. The average Bonchev–Trinajstić information content (AvgIpc) is 2.82. The van der Waals surface area contributed by atoms with Crippen molar-refractivity contribution in [2.75, 3.05) is 14.2 Å². The molecule has 1 aromatic carbocycles. The number of hydrogen-bond donors (Lipinski definition) is 0. The number of carboxylic acids is 1. The number of aliphatic carboxylic acids is 1. The second-order valence-electron chi connectivity index (χ2n) is 5.64. The molecule has 8 heteroatoms. The summed E-state index contributed by atoms with van der Waals surface area (Å²) in [6, 6.07) is 4.18. The van der Waals surface area contributed by atoms with Gasteiger partial charge in [0, 0.05) is 5.56 Å². The van der Waals surface area contributed by atoms with Crippen LogP contribution in [0.1, 0.15) is 19.4 Å². The number of carboxylic acid groups (broad SMARTS) is 1. The molecule has 1 aliphatic rings. The van der Waals surface area contributed by atoms with Gasteiger partial charge in [0.1, 0.15) is 4.32 Å². The normalized spacial score (nSPS) is 17.3. The first-order valence-electron chi connectivity index (χ1n) is 7.50. The van der Waals surface area contributed by atoms with E-state index in [1.807, 2.05) is 0 Å². The minimum atomic E-state index is -1.33. The molecule has 2 rings (SSSR count). The van der Waals surface area contributed by atoms with Crippen LogP contribution in [0.4, 0.5) is 0 Å². The van der Waals surface area contributed by atoms with Crippen molar-refractivity contribution in [3.63, 3.8) is 0 Å². The summed E-state index contributed by atoms with van der Waals surface area (Å²) in [6.45, 7) is 3.40. The van der Waals surface area contributed by atoms with Crippen LogP contribution in [0.5, 0.6) is 11.5 Å². The van der Waals surface area contributed by atoms with E-state index in [-0.39, 0.29) is 10.2 Å². The lowest BCUT2D eigenvalue weighted by Crippen LogP contribution is -2.52. The van der Waals surface area contributed by atoms with E-state index in [1.54, 1.807) is 38.1 Å². The number of benzene rings is 1. The SMILES string of the molecule is COc1cccc(C=C2SC(=S)N([C@@H](C(=O)[O-])C(C)C)C2=O)c1OC. The number of ether oxygens (including phenoxy) is 2. The first-order valence-corrected chi connectivity index (χ1v) is 8.73. The number of thioether (sulfide) groups is 1. The summed E-state index contributed by atoms with van der Waals surface area (Å²) < 4.78 is 10.8. The molecule has 1 fully saturated rings. The van der Waals surface area contributed by atoms with Gasteiger partial charge in [-0.2, -0.15) is 0 Å². The average molecular weight is 380 g/mol. The highest BCUT2D eigenvalue weighted by atomic mass is 32.2. The van der Waals surface area contributed by atoms with Crippen LogP contribution in [-0.4, -0.2) is 41.4 Å². The molecule has 0 radical (unpaired) electrons. The third kappa shape index (κ3) is 3.80. The predicted molar refractivity (Wildman–Crippen MR) is 98.2 cm³/mol. The number of rotatable bonds is 6. The Morgan fingerprint density at radius 2 is 2.00 bits per heavy atom. The molecule has 134 valence electrons. The van der Waals surface area contributed by atoms with Crippen LogP contribution in [0.25, 0.3) is 6.08 Å². The maximum absolute atomic E-state index is 12.7. The zero-order valence-electron chi connectivity index (χ0n) is 14.3. The molecule has 0 N–H and O–H groups in total. The lowest BCUT2D eigenvalue weighted by Gasteiger charge is -2.30. The fourth-order valence-corrected chi connectivity index (χ4v) is 3.88. The molecular weight excluding hydrogens is 362 g/mol. The summed E-state index contributed by atoms with van der Waals surface area (Å²) in [4.78, 5) is 25.6. The number of thiocarbonyl (C=S) groups is 1.